The van der Waals surface area contributed by atoms with Crippen LogP contribution in [0.5, 0.6) is 0 Å². The molecule has 100 valence electrons. The van der Waals surface area contributed by atoms with Crippen LogP contribution in [-0.4, -0.2) is 18.0 Å². The molecule has 0 aromatic heterocycles. The van der Waals surface area contributed by atoms with Gasteiger partial charge in [-0.1, -0.05) is 44.7 Å². The van der Waals surface area contributed by atoms with E-state index >= 15 is 0 Å². The molecule has 1 aliphatic carbocycles. The first-order valence-electron chi connectivity index (χ1n) is 7.34. The summed E-state index contributed by atoms with van der Waals surface area (Å²) in [5.41, 5.74) is 7.94. The van der Waals surface area contributed by atoms with Gasteiger partial charge in [0.1, 0.15) is 0 Å². The molecule has 1 aromatic rings. The van der Waals surface area contributed by atoms with Crippen LogP contribution in [0.1, 0.15) is 44.6 Å². The van der Waals surface area contributed by atoms with E-state index in [0.29, 0.717) is 0 Å². The van der Waals surface area contributed by atoms with Gasteiger partial charge in [0.2, 0.25) is 0 Å². The highest BCUT2D eigenvalue weighted by molar-refractivity contribution is 5.39. The van der Waals surface area contributed by atoms with Crippen molar-refractivity contribution in [3.05, 3.63) is 29.8 Å². The second kappa shape index (κ2) is 6.79. The van der Waals surface area contributed by atoms with E-state index in [9.17, 15) is 0 Å². The molecule has 0 atom stereocenters. The van der Waals surface area contributed by atoms with Crippen molar-refractivity contribution in [3.8, 4) is 0 Å². The van der Waals surface area contributed by atoms with Crippen LogP contribution in [0.25, 0.3) is 0 Å². The Morgan fingerprint density at radius 3 is 2.44 bits per heavy atom. The van der Waals surface area contributed by atoms with Gasteiger partial charge >= 0.3 is 0 Å². The Hall–Kier alpha value is -1.02. The van der Waals surface area contributed by atoms with E-state index in [1.165, 1.54) is 44.2 Å². The van der Waals surface area contributed by atoms with Crippen molar-refractivity contribution in [1.82, 2.24) is 4.90 Å². The SMILES string of the molecule is CCN(CCC1CCCC1)Cc1ccc(N)cc1. The largest absolute Gasteiger partial charge is 0.399 e. The lowest BCUT2D eigenvalue weighted by Crippen LogP contribution is -2.25. The summed E-state index contributed by atoms with van der Waals surface area (Å²) < 4.78 is 0. The first-order valence-corrected chi connectivity index (χ1v) is 7.34. The lowest BCUT2D eigenvalue weighted by Gasteiger charge is -2.22. The fraction of sp³-hybridized carbons (Fsp3) is 0.625. The summed E-state index contributed by atoms with van der Waals surface area (Å²) in [6.45, 7) is 5.69. The van der Waals surface area contributed by atoms with Gasteiger partial charge in [0, 0.05) is 12.2 Å². The number of anilines is 1. The van der Waals surface area contributed by atoms with Crippen LogP contribution in [0.3, 0.4) is 0 Å². The minimum Gasteiger partial charge on any atom is -0.399 e. The molecule has 0 amide bonds. The summed E-state index contributed by atoms with van der Waals surface area (Å²) >= 11 is 0. The third-order valence-electron chi connectivity index (χ3n) is 4.16. The zero-order valence-corrected chi connectivity index (χ0v) is 11.6. The summed E-state index contributed by atoms with van der Waals surface area (Å²) in [6.07, 6.45) is 7.20. The van der Waals surface area contributed by atoms with Gasteiger partial charge in [-0.3, -0.25) is 4.90 Å². The average Bonchev–Trinajstić information content (AvgIpc) is 2.90. The van der Waals surface area contributed by atoms with E-state index in [1.54, 1.807) is 0 Å². The van der Waals surface area contributed by atoms with Crippen molar-refractivity contribution in [2.45, 2.75) is 45.6 Å². The average molecular weight is 246 g/mol. The van der Waals surface area contributed by atoms with E-state index in [1.807, 2.05) is 12.1 Å². The molecule has 0 unspecified atom stereocenters. The predicted octanol–water partition coefficient (Wildman–Crippen LogP) is 3.67. The molecular formula is C16H26N2. The second-order valence-electron chi connectivity index (χ2n) is 5.55. The Morgan fingerprint density at radius 1 is 1.17 bits per heavy atom. The highest BCUT2D eigenvalue weighted by Gasteiger charge is 2.15. The summed E-state index contributed by atoms with van der Waals surface area (Å²) in [7, 11) is 0. The number of nitrogens with zero attached hydrogens (tertiary/aromatic N) is 1. The Morgan fingerprint density at radius 2 is 1.83 bits per heavy atom. The molecule has 1 aromatic carbocycles. The molecule has 18 heavy (non-hydrogen) atoms. The maximum atomic E-state index is 5.72. The zero-order valence-electron chi connectivity index (χ0n) is 11.6. The molecule has 0 radical (unpaired) electrons. The quantitative estimate of drug-likeness (QED) is 0.776. The lowest BCUT2D eigenvalue weighted by molar-refractivity contribution is 0.256. The Bertz CT molecular complexity index is 339. The van der Waals surface area contributed by atoms with Crippen LogP contribution < -0.4 is 5.73 Å². The number of benzene rings is 1. The Labute approximate surface area is 111 Å². The Kier molecular flexibility index (Phi) is 5.06. The standard InChI is InChI=1S/C16H26N2/c1-2-18(12-11-14-5-3-4-6-14)13-15-7-9-16(17)10-8-15/h7-10,14H,2-6,11-13,17H2,1H3. The van der Waals surface area contributed by atoms with Gasteiger partial charge in [-0.25, -0.2) is 0 Å². The fourth-order valence-electron chi connectivity index (χ4n) is 2.89. The summed E-state index contributed by atoms with van der Waals surface area (Å²) in [6, 6.07) is 8.29. The number of nitrogen functional groups attached to an aromatic ring is 1. The van der Waals surface area contributed by atoms with Crippen molar-refractivity contribution < 1.29 is 0 Å². The van der Waals surface area contributed by atoms with Crippen molar-refractivity contribution in [3.63, 3.8) is 0 Å². The molecule has 0 spiro atoms. The third-order valence-corrected chi connectivity index (χ3v) is 4.16. The van der Waals surface area contributed by atoms with Gasteiger partial charge in [-0.05, 0) is 43.1 Å². The first kappa shape index (κ1) is 13.4. The van der Waals surface area contributed by atoms with Crippen LogP contribution in [0.2, 0.25) is 0 Å². The maximum absolute atomic E-state index is 5.72. The topological polar surface area (TPSA) is 29.3 Å². The molecule has 0 heterocycles. The minimum absolute atomic E-state index is 0.854. The summed E-state index contributed by atoms with van der Waals surface area (Å²) in [4.78, 5) is 2.55. The van der Waals surface area contributed by atoms with Crippen molar-refractivity contribution in [1.29, 1.82) is 0 Å². The molecule has 2 nitrogen and oxygen atoms in total. The molecule has 2 N–H and O–H groups in total. The van der Waals surface area contributed by atoms with Crippen LogP contribution in [0.15, 0.2) is 24.3 Å². The highest BCUT2D eigenvalue weighted by Crippen LogP contribution is 2.27. The number of rotatable bonds is 6. The van der Waals surface area contributed by atoms with Gasteiger partial charge in [-0.2, -0.15) is 0 Å². The van der Waals surface area contributed by atoms with Crippen LogP contribution in [0.4, 0.5) is 5.69 Å². The van der Waals surface area contributed by atoms with E-state index < -0.39 is 0 Å². The molecule has 1 fully saturated rings. The normalized spacial score (nSPS) is 16.6. The van der Waals surface area contributed by atoms with E-state index in [2.05, 4.69) is 24.0 Å². The van der Waals surface area contributed by atoms with Crippen LogP contribution in [0, 0.1) is 5.92 Å². The second-order valence-corrected chi connectivity index (χ2v) is 5.55. The monoisotopic (exact) mass is 246 g/mol. The maximum Gasteiger partial charge on any atom is 0.0314 e. The van der Waals surface area contributed by atoms with E-state index in [0.717, 1.165) is 24.7 Å². The van der Waals surface area contributed by atoms with Gasteiger partial charge in [-0.15, -0.1) is 0 Å². The third kappa shape index (κ3) is 4.02. The van der Waals surface area contributed by atoms with Crippen LogP contribution in [-0.2, 0) is 6.54 Å². The molecule has 2 heteroatoms. The van der Waals surface area contributed by atoms with Gasteiger partial charge < -0.3 is 5.73 Å². The van der Waals surface area contributed by atoms with Crippen LogP contribution >= 0.6 is 0 Å². The number of hydrogen-bond acceptors (Lipinski definition) is 2. The van der Waals surface area contributed by atoms with Crippen molar-refractivity contribution in [2.75, 3.05) is 18.8 Å². The molecular weight excluding hydrogens is 220 g/mol. The van der Waals surface area contributed by atoms with Gasteiger partial charge in [0.25, 0.3) is 0 Å². The van der Waals surface area contributed by atoms with E-state index in [-0.39, 0.29) is 0 Å². The molecule has 0 aliphatic heterocycles. The fourth-order valence-corrected chi connectivity index (χ4v) is 2.89. The summed E-state index contributed by atoms with van der Waals surface area (Å²) in [5, 5.41) is 0. The van der Waals surface area contributed by atoms with Crippen molar-refractivity contribution in [2.24, 2.45) is 5.92 Å². The molecule has 1 saturated carbocycles. The number of nitrogens with two attached hydrogens (primary N) is 1. The van der Waals surface area contributed by atoms with Gasteiger partial charge in [0.15, 0.2) is 0 Å². The molecule has 1 aliphatic rings. The minimum atomic E-state index is 0.854. The highest BCUT2D eigenvalue weighted by atomic mass is 15.1. The lowest BCUT2D eigenvalue weighted by atomic mass is 10.0. The summed E-state index contributed by atoms with van der Waals surface area (Å²) in [5.74, 6) is 0.991. The molecule has 0 saturated heterocycles. The molecule has 2 rings (SSSR count). The first-order chi connectivity index (χ1) is 8.78. The number of hydrogen-bond donors (Lipinski definition) is 1. The Balaban J connectivity index is 1.79. The zero-order chi connectivity index (χ0) is 12.8. The smallest absolute Gasteiger partial charge is 0.0314 e. The van der Waals surface area contributed by atoms with E-state index in [4.69, 9.17) is 5.73 Å². The predicted molar refractivity (Wildman–Crippen MR) is 78.4 cm³/mol. The van der Waals surface area contributed by atoms with Gasteiger partial charge in [0.05, 0.1) is 0 Å². The van der Waals surface area contributed by atoms with Crippen molar-refractivity contribution >= 4 is 5.69 Å². The molecule has 0 bridgehead atoms.